The summed E-state index contributed by atoms with van der Waals surface area (Å²) in [5.41, 5.74) is 1.13. The summed E-state index contributed by atoms with van der Waals surface area (Å²) < 4.78 is 0. The minimum atomic E-state index is -0.0644. The highest BCUT2D eigenvalue weighted by Gasteiger charge is 2.22. The van der Waals surface area contributed by atoms with Crippen molar-refractivity contribution in [2.75, 3.05) is 5.75 Å². The van der Waals surface area contributed by atoms with Gasteiger partial charge in [-0.15, -0.1) is 11.3 Å². The predicted molar refractivity (Wildman–Crippen MR) is 78.2 cm³/mol. The van der Waals surface area contributed by atoms with Gasteiger partial charge in [0.25, 0.3) is 5.56 Å². The third kappa shape index (κ3) is 2.34. The predicted octanol–water partition coefficient (Wildman–Crippen LogP) is 2.40. The van der Waals surface area contributed by atoms with Crippen LogP contribution < -0.4 is 5.56 Å². The highest BCUT2D eigenvalue weighted by molar-refractivity contribution is 7.99. The molecule has 2 aromatic heterocycles. The van der Waals surface area contributed by atoms with Crippen molar-refractivity contribution < 1.29 is 4.79 Å². The fourth-order valence-corrected chi connectivity index (χ4v) is 4.50. The number of H-pyrrole nitrogens is 1. The molecular formula is C13H14N2O2S2. The molecule has 1 N–H and O–H groups in total. The average Bonchev–Trinajstić information content (AvgIpc) is 2.73. The monoisotopic (exact) mass is 294 g/mol. The van der Waals surface area contributed by atoms with E-state index in [0.29, 0.717) is 16.8 Å². The number of carbonyl (C=O) groups excluding carboxylic acids is 1. The van der Waals surface area contributed by atoms with Gasteiger partial charge in [-0.25, -0.2) is 4.98 Å². The maximum Gasteiger partial charge on any atom is 0.260 e. The van der Waals surface area contributed by atoms with E-state index in [4.69, 9.17) is 0 Å². The molecule has 0 bridgehead atoms. The third-order valence-corrected chi connectivity index (χ3v) is 5.35. The average molecular weight is 294 g/mol. The van der Waals surface area contributed by atoms with Crippen LogP contribution in [0.1, 0.15) is 23.8 Å². The molecule has 4 nitrogen and oxygen atoms in total. The molecule has 0 fully saturated rings. The van der Waals surface area contributed by atoms with Gasteiger partial charge in [-0.3, -0.25) is 4.79 Å². The molecular weight excluding hydrogens is 280 g/mol. The first-order chi connectivity index (χ1) is 9.19. The minimum Gasteiger partial charge on any atom is -0.302 e. The lowest BCUT2D eigenvalue weighted by Crippen LogP contribution is -2.13. The first-order valence-electron chi connectivity index (χ1n) is 6.30. The molecule has 0 amide bonds. The Hall–Kier alpha value is -1.14. The van der Waals surface area contributed by atoms with Gasteiger partial charge in [-0.1, -0.05) is 18.7 Å². The summed E-state index contributed by atoms with van der Waals surface area (Å²) >= 11 is 2.90. The third-order valence-electron chi connectivity index (χ3n) is 3.43. The van der Waals surface area contributed by atoms with Crippen molar-refractivity contribution >= 4 is 39.6 Å². The standard InChI is InChI=1S/C13H14N2O2S2/c1-7-2-3-8-9(6-7)19-12-10(8)11(17)14-13(15-12)18-5-4-16/h4,7H,2-3,5-6H2,1H3,(H,14,15,17)/t7-/m1/s1. The van der Waals surface area contributed by atoms with E-state index in [1.807, 2.05) is 0 Å². The van der Waals surface area contributed by atoms with Gasteiger partial charge in [-0.2, -0.15) is 0 Å². The largest absolute Gasteiger partial charge is 0.302 e. The van der Waals surface area contributed by atoms with Gasteiger partial charge in [-0.05, 0) is 30.7 Å². The Kier molecular flexibility index (Phi) is 3.45. The first-order valence-corrected chi connectivity index (χ1v) is 8.10. The molecule has 3 rings (SSSR count). The van der Waals surface area contributed by atoms with Crippen molar-refractivity contribution in [3.8, 4) is 0 Å². The fraction of sp³-hybridized carbons (Fsp3) is 0.462. The molecule has 0 unspecified atom stereocenters. The number of fused-ring (bicyclic) bond motifs is 3. The number of nitrogens with one attached hydrogen (secondary N) is 1. The van der Waals surface area contributed by atoms with E-state index in [2.05, 4.69) is 16.9 Å². The summed E-state index contributed by atoms with van der Waals surface area (Å²) in [7, 11) is 0. The first kappa shape index (κ1) is 12.9. The minimum absolute atomic E-state index is 0.0644. The Morgan fingerprint density at radius 2 is 2.42 bits per heavy atom. The molecule has 0 saturated carbocycles. The summed E-state index contributed by atoms with van der Waals surface area (Å²) in [5.74, 6) is 1.000. The quantitative estimate of drug-likeness (QED) is 0.536. The molecule has 0 aromatic carbocycles. The number of hydrogen-bond donors (Lipinski definition) is 1. The number of thiophene rings is 1. The van der Waals surface area contributed by atoms with Crippen LogP contribution >= 0.6 is 23.1 Å². The van der Waals surface area contributed by atoms with Crippen molar-refractivity contribution in [2.45, 2.75) is 31.3 Å². The van der Waals surface area contributed by atoms with Crippen molar-refractivity contribution in [1.29, 1.82) is 0 Å². The van der Waals surface area contributed by atoms with Crippen LogP contribution in [-0.4, -0.2) is 22.0 Å². The van der Waals surface area contributed by atoms with Crippen LogP contribution in [-0.2, 0) is 17.6 Å². The summed E-state index contributed by atoms with van der Waals surface area (Å²) in [5, 5.41) is 1.30. The van der Waals surface area contributed by atoms with E-state index in [0.717, 1.165) is 35.8 Å². The number of thioether (sulfide) groups is 1. The zero-order valence-corrected chi connectivity index (χ0v) is 12.2. The molecule has 2 heterocycles. The van der Waals surface area contributed by atoms with Crippen LogP contribution in [0.5, 0.6) is 0 Å². The molecule has 0 radical (unpaired) electrons. The summed E-state index contributed by atoms with van der Waals surface area (Å²) in [4.78, 5) is 31.9. The molecule has 0 saturated heterocycles. The fourth-order valence-electron chi connectivity index (χ4n) is 2.51. The van der Waals surface area contributed by atoms with Gasteiger partial charge >= 0.3 is 0 Å². The number of hydrogen-bond acceptors (Lipinski definition) is 5. The molecule has 0 spiro atoms. The Morgan fingerprint density at radius 1 is 1.58 bits per heavy atom. The molecule has 1 atom stereocenters. The van der Waals surface area contributed by atoms with Crippen LogP contribution in [0.2, 0.25) is 0 Å². The maximum absolute atomic E-state index is 12.2. The lowest BCUT2D eigenvalue weighted by Gasteiger charge is -2.17. The summed E-state index contributed by atoms with van der Waals surface area (Å²) in [6, 6.07) is 0. The second kappa shape index (κ2) is 5.09. The summed E-state index contributed by atoms with van der Waals surface area (Å²) in [6.07, 6.45) is 3.98. The number of rotatable bonds is 3. The van der Waals surface area contributed by atoms with Crippen LogP contribution in [0.15, 0.2) is 9.95 Å². The van der Waals surface area contributed by atoms with Crippen molar-refractivity contribution in [2.24, 2.45) is 5.92 Å². The molecule has 2 aromatic rings. The maximum atomic E-state index is 12.2. The number of aromatic nitrogens is 2. The van der Waals surface area contributed by atoms with Crippen molar-refractivity contribution in [3.05, 3.63) is 20.8 Å². The van der Waals surface area contributed by atoms with Crippen molar-refractivity contribution in [3.63, 3.8) is 0 Å². The van der Waals surface area contributed by atoms with Gasteiger partial charge in [0.2, 0.25) is 0 Å². The molecule has 6 heteroatoms. The molecule has 0 aliphatic heterocycles. The Labute approximate surface area is 118 Å². The molecule has 1 aliphatic rings. The van der Waals surface area contributed by atoms with Gasteiger partial charge in [0, 0.05) is 4.88 Å². The number of aryl methyl sites for hydroxylation is 1. The Morgan fingerprint density at radius 3 is 3.21 bits per heavy atom. The smallest absolute Gasteiger partial charge is 0.260 e. The van der Waals surface area contributed by atoms with Crippen molar-refractivity contribution in [1.82, 2.24) is 9.97 Å². The van der Waals surface area contributed by atoms with Crippen LogP contribution in [0.4, 0.5) is 0 Å². The molecule has 1 aliphatic carbocycles. The normalized spacial score (nSPS) is 18.5. The SMILES string of the molecule is C[C@@H]1CCc2c(sc3nc(SCC=O)[nH]c(=O)c23)C1. The number of aldehydes is 1. The second-order valence-corrected chi connectivity index (χ2v) is 6.97. The molecule has 19 heavy (non-hydrogen) atoms. The van der Waals surface area contributed by atoms with Crippen LogP contribution in [0, 0.1) is 5.92 Å². The van der Waals surface area contributed by atoms with Crippen LogP contribution in [0.25, 0.3) is 10.2 Å². The van der Waals surface area contributed by atoms with Crippen LogP contribution in [0.3, 0.4) is 0 Å². The van der Waals surface area contributed by atoms with E-state index in [1.165, 1.54) is 22.2 Å². The number of carbonyl (C=O) groups is 1. The second-order valence-electron chi connectivity index (χ2n) is 4.88. The highest BCUT2D eigenvalue weighted by atomic mass is 32.2. The van der Waals surface area contributed by atoms with Gasteiger partial charge < -0.3 is 9.78 Å². The van der Waals surface area contributed by atoms with E-state index in [9.17, 15) is 9.59 Å². The lowest BCUT2D eigenvalue weighted by molar-refractivity contribution is -0.105. The number of nitrogens with zero attached hydrogens (tertiary/aromatic N) is 1. The number of aromatic amines is 1. The van der Waals surface area contributed by atoms with Gasteiger partial charge in [0.1, 0.15) is 11.1 Å². The Bertz CT molecular complexity index is 690. The zero-order chi connectivity index (χ0) is 13.4. The summed E-state index contributed by atoms with van der Waals surface area (Å²) in [6.45, 7) is 2.25. The lowest BCUT2D eigenvalue weighted by atomic mass is 9.89. The van der Waals surface area contributed by atoms with Gasteiger partial charge in [0.15, 0.2) is 5.16 Å². The van der Waals surface area contributed by atoms with E-state index < -0.39 is 0 Å². The Balaban J connectivity index is 2.11. The van der Waals surface area contributed by atoms with E-state index >= 15 is 0 Å². The zero-order valence-electron chi connectivity index (χ0n) is 10.6. The molecule has 100 valence electrons. The van der Waals surface area contributed by atoms with E-state index in [1.54, 1.807) is 11.3 Å². The highest BCUT2D eigenvalue weighted by Crippen LogP contribution is 2.35. The van der Waals surface area contributed by atoms with Gasteiger partial charge in [0.05, 0.1) is 11.1 Å². The van der Waals surface area contributed by atoms with E-state index in [-0.39, 0.29) is 5.56 Å². The topological polar surface area (TPSA) is 62.8 Å².